The number of anilines is 1. The lowest BCUT2D eigenvalue weighted by Crippen LogP contribution is -2.06. The summed E-state index contributed by atoms with van der Waals surface area (Å²) in [7, 11) is 0. The van der Waals surface area contributed by atoms with E-state index >= 15 is 0 Å². The van der Waals surface area contributed by atoms with E-state index in [1.807, 2.05) is 0 Å². The molecule has 0 atom stereocenters. The summed E-state index contributed by atoms with van der Waals surface area (Å²) in [6.07, 6.45) is 4.01. The van der Waals surface area contributed by atoms with Gasteiger partial charge in [-0.05, 0) is 30.0 Å². The first-order valence-electron chi connectivity index (χ1n) is 6.33. The lowest BCUT2D eigenvalue weighted by molar-refractivity contribution is -0.384. The zero-order valence-corrected chi connectivity index (χ0v) is 11.4. The number of rotatable bonds is 4. The Morgan fingerprint density at radius 2 is 2.00 bits per heavy atom. The Hall–Kier alpha value is -2.50. The van der Waals surface area contributed by atoms with Gasteiger partial charge in [-0.1, -0.05) is 13.8 Å². The molecule has 0 saturated heterocycles. The van der Waals surface area contributed by atoms with E-state index in [2.05, 4.69) is 23.8 Å². The summed E-state index contributed by atoms with van der Waals surface area (Å²) in [6, 6.07) is 5.11. The van der Waals surface area contributed by atoms with Gasteiger partial charge in [0.15, 0.2) is 0 Å². The van der Waals surface area contributed by atoms with Gasteiger partial charge in [0.2, 0.25) is 5.82 Å². The monoisotopic (exact) mass is 272 g/mol. The third-order valence-electron chi connectivity index (χ3n) is 2.90. The highest BCUT2D eigenvalue weighted by Crippen LogP contribution is 2.31. The second-order valence-electron chi connectivity index (χ2n) is 4.98. The van der Waals surface area contributed by atoms with Crippen molar-refractivity contribution in [3.63, 3.8) is 0 Å². The fourth-order valence-electron chi connectivity index (χ4n) is 2.03. The van der Waals surface area contributed by atoms with Crippen LogP contribution in [0, 0.1) is 16.0 Å². The van der Waals surface area contributed by atoms with E-state index in [-0.39, 0.29) is 11.5 Å². The predicted octanol–water partition coefficient (Wildman–Crippen LogP) is 2.83. The lowest BCUT2D eigenvalue weighted by atomic mass is 9.98. The van der Waals surface area contributed by atoms with Crippen LogP contribution in [0.5, 0.6) is 0 Å². The van der Waals surface area contributed by atoms with Gasteiger partial charge in [-0.15, -0.1) is 0 Å². The minimum atomic E-state index is -0.508. The number of nitrogen functional groups attached to an aromatic ring is 1. The number of hydrogen-bond acceptors (Lipinski definition) is 5. The first-order chi connectivity index (χ1) is 9.49. The minimum absolute atomic E-state index is 0.0385. The molecule has 0 aliphatic rings. The van der Waals surface area contributed by atoms with Crippen molar-refractivity contribution in [1.82, 2.24) is 9.97 Å². The number of aromatic nitrogens is 2. The maximum Gasteiger partial charge on any atom is 0.311 e. The van der Waals surface area contributed by atoms with Gasteiger partial charge in [-0.3, -0.25) is 15.1 Å². The molecule has 0 amide bonds. The Labute approximate surface area is 116 Å². The largest absolute Gasteiger partial charge is 0.378 e. The normalized spacial score (nSPS) is 10.8. The zero-order chi connectivity index (χ0) is 14.7. The first-order valence-corrected chi connectivity index (χ1v) is 6.33. The second-order valence-corrected chi connectivity index (χ2v) is 4.98. The van der Waals surface area contributed by atoms with Crippen LogP contribution in [0.2, 0.25) is 0 Å². The van der Waals surface area contributed by atoms with E-state index in [1.54, 1.807) is 24.5 Å². The van der Waals surface area contributed by atoms with Crippen LogP contribution in [0.3, 0.4) is 0 Å². The maximum absolute atomic E-state index is 11.0. The number of nitrogens with two attached hydrogens (primary N) is 1. The first kappa shape index (κ1) is 13.9. The Morgan fingerprint density at radius 3 is 2.55 bits per heavy atom. The van der Waals surface area contributed by atoms with Crippen molar-refractivity contribution in [1.29, 1.82) is 0 Å². The molecule has 0 radical (unpaired) electrons. The molecule has 104 valence electrons. The van der Waals surface area contributed by atoms with Gasteiger partial charge >= 0.3 is 5.69 Å². The van der Waals surface area contributed by atoms with Crippen molar-refractivity contribution in [2.75, 3.05) is 5.73 Å². The summed E-state index contributed by atoms with van der Waals surface area (Å²) in [5, 5.41) is 11.0. The summed E-state index contributed by atoms with van der Waals surface area (Å²) >= 11 is 0. The van der Waals surface area contributed by atoms with Crippen LogP contribution in [0.25, 0.3) is 11.1 Å². The van der Waals surface area contributed by atoms with Gasteiger partial charge in [-0.25, -0.2) is 4.98 Å². The molecule has 6 heteroatoms. The standard InChI is InChI=1S/C14H16N4O2/c1-9(2)7-12-11(10-3-5-16-6-4-10)8-13(18(19)20)14(15)17-12/h3-6,8-9H,7H2,1-2H3,(H2,15,17). The van der Waals surface area contributed by atoms with E-state index < -0.39 is 4.92 Å². The molecule has 0 unspecified atom stereocenters. The molecule has 20 heavy (non-hydrogen) atoms. The zero-order valence-electron chi connectivity index (χ0n) is 11.4. The van der Waals surface area contributed by atoms with Crippen LogP contribution >= 0.6 is 0 Å². The number of hydrogen-bond donors (Lipinski definition) is 1. The van der Waals surface area contributed by atoms with Crippen LogP contribution in [0.15, 0.2) is 30.6 Å². The molecule has 0 aliphatic carbocycles. The van der Waals surface area contributed by atoms with Crippen molar-refractivity contribution in [3.8, 4) is 11.1 Å². The van der Waals surface area contributed by atoms with Gasteiger partial charge in [0.25, 0.3) is 0 Å². The molecule has 2 rings (SSSR count). The maximum atomic E-state index is 11.0. The summed E-state index contributed by atoms with van der Waals surface area (Å²) in [5.41, 5.74) is 7.88. The van der Waals surface area contributed by atoms with Gasteiger partial charge in [-0.2, -0.15) is 0 Å². The molecular formula is C14H16N4O2. The highest BCUT2D eigenvalue weighted by atomic mass is 16.6. The molecule has 0 bridgehead atoms. The molecule has 2 N–H and O–H groups in total. The molecule has 0 spiro atoms. The summed E-state index contributed by atoms with van der Waals surface area (Å²) in [5.74, 6) is 0.340. The van der Waals surface area contributed by atoms with Gasteiger partial charge < -0.3 is 5.73 Å². The summed E-state index contributed by atoms with van der Waals surface area (Å²) < 4.78 is 0. The molecule has 2 aromatic rings. The SMILES string of the molecule is CC(C)Cc1nc(N)c([N+](=O)[O-])cc1-c1ccncc1. The molecule has 0 aromatic carbocycles. The van der Waals surface area contributed by atoms with E-state index in [0.717, 1.165) is 16.8 Å². The Bertz CT molecular complexity index is 627. The highest BCUT2D eigenvalue weighted by Gasteiger charge is 2.19. The van der Waals surface area contributed by atoms with Crippen LogP contribution in [-0.4, -0.2) is 14.9 Å². The number of nitro groups is 1. The van der Waals surface area contributed by atoms with Crippen molar-refractivity contribution in [2.24, 2.45) is 5.92 Å². The Morgan fingerprint density at radius 1 is 1.35 bits per heavy atom. The average Bonchev–Trinajstić information content (AvgIpc) is 2.38. The quantitative estimate of drug-likeness (QED) is 0.682. The lowest BCUT2D eigenvalue weighted by Gasteiger charge is -2.12. The van der Waals surface area contributed by atoms with E-state index in [1.165, 1.54) is 6.07 Å². The van der Waals surface area contributed by atoms with E-state index in [4.69, 9.17) is 5.73 Å². The molecular weight excluding hydrogens is 256 g/mol. The van der Waals surface area contributed by atoms with Crippen LogP contribution < -0.4 is 5.73 Å². The fourth-order valence-corrected chi connectivity index (χ4v) is 2.03. The molecule has 6 nitrogen and oxygen atoms in total. The topological polar surface area (TPSA) is 94.9 Å². The molecule has 0 aliphatic heterocycles. The van der Waals surface area contributed by atoms with Gasteiger partial charge in [0.1, 0.15) is 0 Å². The fraction of sp³-hybridized carbons (Fsp3) is 0.286. The minimum Gasteiger partial charge on any atom is -0.378 e. The van der Waals surface area contributed by atoms with Gasteiger partial charge in [0, 0.05) is 24.0 Å². The van der Waals surface area contributed by atoms with Crippen molar-refractivity contribution in [3.05, 3.63) is 46.4 Å². The molecule has 0 saturated carbocycles. The van der Waals surface area contributed by atoms with Crippen LogP contribution in [0.4, 0.5) is 11.5 Å². The Kier molecular flexibility index (Phi) is 3.93. The van der Waals surface area contributed by atoms with Crippen LogP contribution in [-0.2, 0) is 6.42 Å². The smallest absolute Gasteiger partial charge is 0.311 e. The predicted molar refractivity (Wildman–Crippen MR) is 77.1 cm³/mol. The van der Waals surface area contributed by atoms with Crippen molar-refractivity contribution in [2.45, 2.75) is 20.3 Å². The van der Waals surface area contributed by atoms with Gasteiger partial charge in [0.05, 0.1) is 10.6 Å². The molecule has 2 heterocycles. The third kappa shape index (κ3) is 2.90. The average molecular weight is 272 g/mol. The van der Waals surface area contributed by atoms with E-state index in [0.29, 0.717) is 12.3 Å². The van der Waals surface area contributed by atoms with Crippen molar-refractivity contribution >= 4 is 11.5 Å². The number of nitrogens with zero attached hydrogens (tertiary/aromatic N) is 3. The molecule has 0 fully saturated rings. The third-order valence-corrected chi connectivity index (χ3v) is 2.90. The Balaban J connectivity index is 2.62. The number of pyridine rings is 2. The van der Waals surface area contributed by atoms with Crippen molar-refractivity contribution < 1.29 is 4.92 Å². The summed E-state index contributed by atoms with van der Waals surface area (Å²) in [4.78, 5) is 18.7. The van der Waals surface area contributed by atoms with Crippen LogP contribution in [0.1, 0.15) is 19.5 Å². The second kappa shape index (κ2) is 5.64. The highest BCUT2D eigenvalue weighted by molar-refractivity contribution is 5.71. The summed E-state index contributed by atoms with van der Waals surface area (Å²) in [6.45, 7) is 4.13. The van der Waals surface area contributed by atoms with E-state index in [9.17, 15) is 10.1 Å². The molecule has 2 aromatic heterocycles.